The first-order chi connectivity index (χ1) is 6.19. The van der Waals surface area contributed by atoms with Crippen molar-refractivity contribution >= 4 is 0 Å². The van der Waals surface area contributed by atoms with E-state index < -0.39 is 0 Å². The molecule has 1 saturated carbocycles. The standard InChI is InChI=1S/C11H19NO/c1-12(2)11(8-13-3)7-9-4-5-10(11)6-9/h4-5,9-10H,6-8H2,1-3H3. The SMILES string of the molecule is COCC1(N(C)C)CC2C=CC1C2. The van der Waals surface area contributed by atoms with Crippen molar-refractivity contribution in [2.75, 3.05) is 27.8 Å². The predicted molar refractivity (Wildman–Crippen MR) is 53.6 cm³/mol. The van der Waals surface area contributed by atoms with Crippen LogP contribution in [-0.2, 0) is 4.74 Å². The minimum atomic E-state index is 0.286. The van der Waals surface area contributed by atoms with E-state index in [0.29, 0.717) is 5.92 Å². The summed E-state index contributed by atoms with van der Waals surface area (Å²) in [5.41, 5.74) is 0.286. The van der Waals surface area contributed by atoms with Crippen LogP contribution in [0.5, 0.6) is 0 Å². The maximum Gasteiger partial charge on any atom is 0.0652 e. The third-order valence-electron chi connectivity index (χ3n) is 3.76. The number of rotatable bonds is 3. The van der Waals surface area contributed by atoms with Crippen LogP contribution in [0.4, 0.5) is 0 Å². The molecule has 0 saturated heterocycles. The zero-order chi connectivity index (χ0) is 9.47. The maximum absolute atomic E-state index is 5.37. The second-order valence-electron chi connectivity index (χ2n) is 4.62. The molecule has 0 aromatic carbocycles. The number of fused-ring (bicyclic) bond motifs is 2. The molecule has 0 aromatic heterocycles. The summed E-state index contributed by atoms with van der Waals surface area (Å²) in [6, 6.07) is 0. The molecular formula is C11H19NO. The lowest BCUT2D eigenvalue weighted by atomic mass is 9.84. The Morgan fingerprint density at radius 1 is 1.46 bits per heavy atom. The Hall–Kier alpha value is -0.340. The highest BCUT2D eigenvalue weighted by Gasteiger charge is 2.49. The molecule has 2 heteroatoms. The Bertz CT molecular complexity index is 224. The minimum Gasteiger partial charge on any atom is -0.383 e. The van der Waals surface area contributed by atoms with Gasteiger partial charge in [-0.15, -0.1) is 0 Å². The second kappa shape index (κ2) is 3.10. The lowest BCUT2D eigenvalue weighted by molar-refractivity contribution is 0.0218. The minimum absolute atomic E-state index is 0.286. The fourth-order valence-corrected chi connectivity index (χ4v) is 2.99. The van der Waals surface area contributed by atoms with Crippen molar-refractivity contribution in [3.8, 4) is 0 Å². The van der Waals surface area contributed by atoms with Crippen LogP contribution in [0, 0.1) is 11.8 Å². The number of likely N-dealkylation sites (N-methyl/N-ethyl adjacent to an activating group) is 1. The van der Waals surface area contributed by atoms with Crippen LogP contribution in [0.2, 0.25) is 0 Å². The molecule has 0 aliphatic heterocycles. The Balaban J connectivity index is 2.20. The van der Waals surface area contributed by atoms with Crippen molar-refractivity contribution < 1.29 is 4.74 Å². The fourth-order valence-electron chi connectivity index (χ4n) is 2.99. The van der Waals surface area contributed by atoms with E-state index in [4.69, 9.17) is 4.74 Å². The number of ether oxygens (including phenoxy) is 1. The van der Waals surface area contributed by atoms with Gasteiger partial charge in [-0.05, 0) is 38.8 Å². The van der Waals surface area contributed by atoms with Gasteiger partial charge in [0.05, 0.1) is 12.1 Å². The largest absolute Gasteiger partial charge is 0.383 e. The van der Waals surface area contributed by atoms with Crippen molar-refractivity contribution in [1.82, 2.24) is 4.90 Å². The normalized spacial score (nSPS) is 42.2. The van der Waals surface area contributed by atoms with Gasteiger partial charge in [-0.25, -0.2) is 0 Å². The van der Waals surface area contributed by atoms with Crippen molar-refractivity contribution in [2.45, 2.75) is 18.4 Å². The van der Waals surface area contributed by atoms with Gasteiger partial charge in [0.25, 0.3) is 0 Å². The average Bonchev–Trinajstić information content (AvgIpc) is 2.64. The van der Waals surface area contributed by atoms with Crippen molar-refractivity contribution in [3.05, 3.63) is 12.2 Å². The van der Waals surface area contributed by atoms with Gasteiger partial charge < -0.3 is 9.64 Å². The van der Waals surface area contributed by atoms with Crippen LogP contribution < -0.4 is 0 Å². The molecule has 13 heavy (non-hydrogen) atoms. The van der Waals surface area contributed by atoms with E-state index in [1.54, 1.807) is 7.11 Å². The summed E-state index contributed by atoms with van der Waals surface area (Å²) in [6.45, 7) is 0.867. The first-order valence-electron chi connectivity index (χ1n) is 5.04. The molecule has 2 aliphatic carbocycles. The van der Waals surface area contributed by atoms with Gasteiger partial charge in [-0.1, -0.05) is 12.2 Å². The zero-order valence-electron chi connectivity index (χ0n) is 8.79. The smallest absolute Gasteiger partial charge is 0.0652 e. The summed E-state index contributed by atoms with van der Waals surface area (Å²) in [7, 11) is 6.15. The van der Waals surface area contributed by atoms with Gasteiger partial charge in [0.15, 0.2) is 0 Å². The molecule has 0 radical (unpaired) electrons. The monoisotopic (exact) mass is 181 g/mol. The van der Waals surface area contributed by atoms with Crippen LogP contribution in [0.15, 0.2) is 12.2 Å². The molecule has 1 fully saturated rings. The van der Waals surface area contributed by atoms with Crippen LogP contribution in [0.3, 0.4) is 0 Å². The molecule has 0 aromatic rings. The van der Waals surface area contributed by atoms with E-state index in [1.165, 1.54) is 12.8 Å². The lowest BCUT2D eigenvalue weighted by Crippen LogP contribution is -2.51. The van der Waals surface area contributed by atoms with Crippen LogP contribution in [0.1, 0.15) is 12.8 Å². The second-order valence-corrected chi connectivity index (χ2v) is 4.62. The third kappa shape index (κ3) is 1.24. The van der Waals surface area contributed by atoms with Gasteiger partial charge in [-0.3, -0.25) is 0 Å². The van der Waals surface area contributed by atoms with Crippen LogP contribution in [0.25, 0.3) is 0 Å². The lowest BCUT2D eigenvalue weighted by Gasteiger charge is -2.41. The van der Waals surface area contributed by atoms with Gasteiger partial charge in [0.2, 0.25) is 0 Å². The fraction of sp³-hybridized carbons (Fsp3) is 0.818. The summed E-state index contributed by atoms with van der Waals surface area (Å²) in [5, 5.41) is 0. The van der Waals surface area contributed by atoms with Gasteiger partial charge in [0.1, 0.15) is 0 Å². The summed E-state index contributed by atoms with van der Waals surface area (Å²) in [6.07, 6.45) is 7.37. The summed E-state index contributed by atoms with van der Waals surface area (Å²) in [5.74, 6) is 1.52. The molecular weight excluding hydrogens is 162 g/mol. The van der Waals surface area contributed by atoms with Crippen molar-refractivity contribution in [3.63, 3.8) is 0 Å². The summed E-state index contributed by atoms with van der Waals surface area (Å²) < 4.78 is 5.37. The summed E-state index contributed by atoms with van der Waals surface area (Å²) in [4.78, 5) is 2.35. The molecule has 0 amide bonds. The molecule has 74 valence electrons. The molecule has 2 rings (SSSR count). The molecule has 0 heterocycles. The van der Waals surface area contributed by atoms with Gasteiger partial charge in [0, 0.05) is 7.11 Å². The number of hydrogen-bond acceptors (Lipinski definition) is 2. The first-order valence-corrected chi connectivity index (χ1v) is 5.04. The van der Waals surface area contributed by atoms with Crippen molar-refractivity contribution in [1.29, 1.82) is 0 Å². The predicted octanol–water partition coefficient (Wildman–Crippen LogP) is 1.53. The van der Waals surface area contributed by atoms with E-state index in [-0.39, 0.29) is 5.54 Å². The number of methoxy groups -OCH3 is 1. The van der Waals surface area contributed by atoms with E-state index >= 15 is 0 Å². The van der Waals surface area contributed by atoms with Crippen LogP contribution >= 0.6 is 0 Å². The van der Waals surface area contributed by atoms with Gasteiger partial charge >= 0.3 is 0 Å². The first kappa shape index (κ1) is 9.22. The zero-order valence-corrected chi connectivity index (χ0v) is 8.79. The number of allylic oxidation sites excluding steroid dienone is 1. The molecule has 2 aliphatic rings. The van der Waals surface area contributed by atoms with E-state index in [2.05, 4.69) is 31.1 Å². The molecule has 3 unspecified atom stereocenters. The summed E-state index contributed by atoms with van der Waals surface area (Å²) >= 11 is 0. The number of hydrogen-bond donors (Lipinski definition) is 0. The van der Waals surface area contributed by atoms with Crippen LogP contribution in [-0.4, -0.2) is 38.3 Å². The Morgan fingerprint density at radius 3 is 2.62 bits per heavy atom. The Morgan fingerprint density at radius 2 is 2.23 bits per heavy atom. The highest BCUT2D eigenvalue weighted by molar-refractivity contribution is 5.19. The van der Waals surface area contributed by atoms with Crippen molar-refractivity contribution in [2.24, 2.45) is 11.8 Å². The molecule has 3 atom stereocenters. The quantitative estimate of drug-likeness (QED) is 0.612. The molecule has 2 bridgehead atoms. The topological polar surface area (TPSA) is 12.5 Å². The van der Waals surface area contributed by atoms with E-state index in [1.807, 2.05) is 0 Å². The molecule has 0 spiro atoms. The maximum atomic E-state index is 5.37. The number of nitrogens with zero attached hydrogens (tertiary/aromatic N) is 1. The van der Waals surface area contributed by atoms with E-state index in [9.17, 15) is 0 Å². The third-order valence-corrected chi connectivity index (χ3v) is 3.76. The molecule has 0 N–H and O–H groups in total. The highest BCUT2D eigenvalue weighted by Crippen LogP contribution is 2.48. The Labute approximate surface area is 80.6 Å². The van der Waals surface area contributed by atoms with Gasteiger partial charge in [-0.2, -0.15) is 0 Å². The highest BCUT2D eigenvalue weighted by atomic mass is 16.5. The average molecular weight is 181 g/mol. The van der Waals surface area contributed by atoms with E-state index in [0.717, 1.165) is 12.5 Å². The molecule has 2 nitrogen and oxygen atoms in total. The Kier molecular flexibility index (Phi) is 2.20.